The fraction of sp³-hybridized carbons (Fsp3) is 0.385. The molecule has 0 aliphatic heterocycles. The molecule has 6 nitrogen and oxygen atoms in total. The number of esters is 1. The summed E-state index contributed by atoms with van der Waals surface area (Å²) >= 11 is 4.80. The summed E-state index contributed by atoms with van der Waals surface area (Å²) in [7, 11) is 0. The zero-order valence-corrected chi connectivity index (χ0v) is 12.0. The minimum absolute atomic E-state index is 0.235. The standard InChI is InChI=1S/C13H17N3O3S/c1-2-19-11(17)4-3-7-15-13(18)10-6-5-9(8-16-10)12(14)20/h5-6,8H,2-4,7H2,1H3,(H2,14,20)(H,15,18). The van der Waals surface area contributed by atoms with Gasteiger partial charge in [0.15, 0.2) is 0 Å². The van der Waals surface area contributed by atoms with Crippen molar-refractivity contribution >= 4 is 29.1 Å². The lowest BCUT2D eigenvalue weighted by Gasteiger charge is -2.05. The molecule has 0 aromatic carbocycles. The summed E-state index contributed by atoms with van der Waals surface area (Å²) in [5.74, 6) is -0.566. The fourth-order valence-corrected chi connectivity index (χ4v) is 1.55. The molecule has 0 atom stereocenters. The molecular formula is C13H17N3O3S. The van der Waals surface area contributed by atoms with Crippen LogP contribution < -0.4 is 11.1 Å². The Hall–Kier alpha value is -2.02. The number of ether oxygens (including phenoxy) is 1. The average Bonchev–Trinajstić information content (AvgIpc) is 2.43. The molecule has 0 saturated carbocycles. The van der Waals surface area contributed by atoms with Crippen molar-refractivity contribution in [2.24, 2.45) is 5.73 Å². The van der Waals surface area contributed by atoms with Gasteiger partial charge in [-0.3, -0.25) is 14.6 Å². The maximum atomic E-state index is 11.7. The zero-order chi connectivity index (χ0) is 15.0. The van der Waals surface area contributed by atoms with Gasteiger partial charge >= 0.3 is 5.97 Å². The van der Waals surface area contributed by atoms with E-state index in [4.69, 9.17) is 22.7 Å². The van der Waals surface area contributed by atoms with Crippen LogP contribution in [0.1, 0.15) is 35.8 Å². The second-order valence-corrected chi connectivity index (χ2v) is 4.40. The van der Waals surface area contributed by atoms with Crippen LogP contribution in [0.15, 0.2) is 18.3 Å². The van der Waals surface area contributed by atoms with Crippen molar-refractivity contribution in [2.75, 3.05) is 13.2 Å². The number of nitrogens with one attached hydrogen (secondary N) is 1. The van der Waals surface area contributed by atoms with Crippen LogP contribution in [-0.4, -0.2) is 35.0 Å². The quantitative estimate of drug-likeness (QED) is 0.439. The summed E-state index contributed by atoms with van der Waals surface area (Å²) in [6, 6.07) is 3.19. The Kier molecular flexibility index (Phi) is 6.58. The van der Waals surface area contributed by atoms with Crippen molar-refractivity contribution in [1.82, 2.24) is 10.3 Å². The van der Waals surface area contributed by atoms with E-state index < -0.39 is 0 Å². The largest absolute Gasteiger partial charge is 0.466 e. The molecule has 1 rings (SSSR count). The number of rotatable bonds is 7. The van der Waals surface area contributed by atoms with Crippen molar-refractivity contribution in [3.05, 3.63) is 29.6 Å². The minimum Gasteiger partial charge on any atom is -0.466 e. The SMILES string of the molecule is CCOC(=O)CCCNC(=O)c1ccc(C(N)=S)cn1. The first kappa shape index (κ1) is 16.0. The topological polar surface area (TPSA) is 94.3 Å². The third kappa shape index (κ3) is 5.31. The van der Waals surface area contributed by atoms with E-state index >= 15 is 0 Å². The van der Waals surface area contributed by atoms with Crippen LogP contribution in [0.25, 0.3) is 0 Å². The van der Waals surface area contributed by atoms with Crippen LogP contribution in [0, 0.1) is 0 Å². The highest BCUT2D eigenvalue weighted by molar-refractivity contribution is 7.80. The fourth-order valence-electron chi connectivity index (χ4n) is 1.43. The van der Waals surface area contributed by atoms with Gasteiger partial charge in [-0.25, -0.2) is 0 Å². The number of hydrogen-bond donors (Lipinski definition) is 2. The Morgan fingerprint density at radius 3 is 2.75 bits per heavy atom. The van der Waals surface area contributed by atoms with Crippen LogP contribution in [0.5, 0.6) is 0 Å². The van der Waals surface area contributed by atoms with Gasteiger partial charge in [-0.15, -0.1) is 0 Å². The van der Waals surface area contributed by atoms with Gasteiger partial charge in [-0.1, -0.05) is 12.2 Å². The molecule has 0 spiro atoms. The van der Waals surface area contributed by atoms with E-state index in [-0.39, 0.29) is 29.0 Å². The molecule has 20 heavy (non-hydrogen) atoms. The lowest BCUT2D eigenvalue weighted by Crippen LogP contribution is -2.26. The van der Waals surface area contributed by atoms with E-state index in [1.807, 2.05) is 0 Å². The third-order valence-electron chi connectivity index (χ3n) is 2.43. The summed E-state index contributed by atoms with van der Waals surface area (Å²) in [6.07, 6.45) is 2.26. The van der Waals surface area contributed by atoms with Gasteiger partial charge in [0.2, 0.25) is 0 Å². The predicted octanol–water partition coefficient (Wildman–Crippen LogP) is 0.789. The van der Waals surface area contributed by atoms with Gasteiger partial charge in [-0.05, 0) is 25.5 Å². The van der Waals surface area contributed by atoms with E-state index in [9.17, 15) is 9.59 Å². The normalized spacial score (nSPS) is 9.85. The highest BCUT2D eigenvalue weighted by Gasteiger charge is 2.08. The highest BCUT2D eigenvalue weighted by atomic mass is 32.1. The van der Waals surface area contributed by atoms with Crippen LogP contribution in [-0.2, 0) is 9.53 Å². The molecule has 0 radical (unpaired) electrons. The molecule has 0 unspecified atom stereocenters. The lowest BCUT2D eigenvalue weighted by molar-refractivity contribution is -0.143. The molecule has 0 aliphatic carbocycles. The van der Waals surface area contributed by atoms with Crippen molar-refractivity contribution in [3.8, 4) is 0 Å². The number of carbonyl (C=O) groups excluding carboxylic acids is 2. The third-order valence-corrected chi connectivity index (χ3v) is 2.66. The second kappa shape index (κ2) is 8.21. The van der Waals surface area contributed by atoms with E-state index in [2.05, 4.69) is 10.3 Å². The molecule has 1 amide bonds. The Labute approximate surface area is 122 Å². The molecule has 0 saturated heterocycles. The number of nitrogens with two attached hydrogens (primary N) is 1. The number of aromatic nitrogens is 1. The molecule has 1 aromatic heterocycles. The van der Waals surface area contributed by atoms with E-state index in [0.29, 0.717) is 25.1 Å². The summed E-state index contributed by atoms with van der Waals surface area (Å²) in [5, 5.41) is 2.67. The van der Waals surface area contributed by atoms with Crippen LogP contribution in [0.4, 0.5) is 0 Å². The summed E-state index contributed by atoms with van der Waals surface area (Å²) in [6.45, 7) is 2.50. The van der Waals surface area contributed by atoms with Gasteiger partial charge in [0.25, 0.3) is 5.91 Å². The lowest BCUT2D eigenvalue weighted by atomic mass is 10.2. The van der Waals surface area contributed by atoms with Crippen LogP contribution in [0.2, 0.25) is 0 Å². The van der Waals surface area contributed by atoms with Crippen LogP contribution in [0.3, 0.4) is 0 Å². The van der Waals surface area contributed by atoms with E-state index in [0.717, 1.165) is 0 Å². The monoisotopic (exact) mass is 295 g/mol. The smallest absolute Gasteiger partial charge is 0.305 e. The van der Waals surface area contributed by atoms with Gasteiger partial charge in [0.05, 0.1) is 6.61 Å². The van der Waals surface area contributed by atoms with Crippen LogP contribution >= 0.6 is 12.2 Å². The first-order valence-electron chi connectivity index (χ1n) is 6.24. The average molecular weight is 295 g/mol. The molecule has 0 aliphatic rings. The van der Waals surface area contributed by atoms with Crippen molar-refractivity contribution in [3.63, 3.8) is 0 Å². The van der Waals surface area contributed by atoms with Gasteiger partial charge in [0.1, 0.15) is 10.7 Å². The first-order chi connectivity index (χ1) is 9.54. The zero-order valence-electron chi connectivity index (χ0n) is 11.2. The van der Waals surface area contributed by atoms with Crippen molar-refractivity contribution < 1.29 is 14.3 Å². The number of nitrogens with zero attached hydrogens (tertiary/aromatic N) is 1. The Morgan fingerprint density at radius 1 is 1.45 bits per heavy atom. The van der Waals surface area contributed by atoms with Crippen molar-refractivity contribution in [2.45, 2.75) is 19.8 Å². The number of pyridine rings is 1. The predicted molar refractivity (Wildman–Crippen MR) is 78.3 cm³/mol. The minimum atomic E-state index is -0.302. The van der Waals surface area contributed by atoms with Crippen molar-refractivity contribution in [1.29, 1.82) is 0 Å². The Bertz CT molecular complexity index is 488. The number of hydrogen-bond acceptors (Lipinski definition) is 5. The van der Waals surface area contributed by atoms with E-state index in [1.54, 1.807) is 19.1 Å². The second-order valence-electron chi connectivity index (χ2n) is 3.96. The summed E-state index contributed by atoms with van der Waals surface area (Å²) < 4.78 is 4.78. The van der Waals surface area contributed by atoms with Gasteiger partial charge in [-0.2, -0.15) is 0 Å². The highest BCUT2D eigenvalue weighted by Crippen LogP contribution is 2.00. The number of thiocarbonyl (C=S) groups is 1. The maximum Gasteiger partial charge on any atom is 0.305 e. The molecule has 108 valence electrons. The van der Waals surface area contributed by atoms with E-state index in [1.165, 1.54) is 6.20 Å². The Morgan fingerprint density at radius 2 is 2.20 bits per heavy atom. The van der Waals surface area contributed by atoms with Gasteiger partial charge in [0, 0.05) is 24.7 Å². The first-order valence-corrected chi connectivity index (χ1v) is 6.65. The van der Waals surface area contributed by atoms with Gasteiger partial charge < -0.3 is 15.8 Å². The molecule has 7 heteroatoms. The molecular weight excluding hydrogens is 278 g/mol. The molecule has 0 fully saturated rings. The number of carbonyl (C=O) groups is 2. The molecule has 3 N–H and O–H groups in total. The maximum absolute atomic E-state index is 11.7. The summed E-state index contributed by atoms with van der Waals surface area (Å²) in [4.78, 5) is 27.0. The molecule has 1 heterocycles. The molecule has 1 aromatic rings. The Balaban J connectivity index is 2.36. The summed E-state index contributed by atoms with van der Waals surface area (Å²) in [5.41, 5.74) is 6.33. The number of amides is 1. The molecule has 0 bridgehead atoms.